The van der Waals surface area contributed by atoms with Crippen LogP contribution in [0.5, 0.6) is 0 Å². The monoisotopic (exact) mass is 405 g/mol. The number of halogens is 3. The quantitative estimate of drug-likeness (QED) is 0.514. The molecule has 0 unspecified atom stereocenters. The summed E-state index contributed by atoms with van der Waals surface area (Å²) in [6.45, 7) is 0. The van der Waals surface area contributed by atoms with Crippen LogP contribution in [0.15, 0.2) is 64.5 Å². The first-order valence-electron chi connectivity index (χ1n) is 7.18. The van der Waals surface area contributed by atoms with Gasteiger partial charge >= 0.3 is 0 Å². The highest BCUT2D eigenvalue weighted by atomic mass is 35.5. The van der Waals surface area contributed by atoms with Crippen LogP contribution in [0.4, 0.5) is 0 Å². The Balaban J connectivity index is 1.83. The fraction of sp³-hybridized carbons (Fsp3) is 0.0556. The largest absolute Gasteiger partial charge is 0.197 e. The lowest BCUT2D eigenvalue weighted by molar-refractivity contribution is 0.837. The number of rotatable bonds is 4. The molecule has 1 atom stereocenters. The van der Waals surface area contributed by atoms with E-state index in [9.17, 15) is 5.26 Å². The zero-order valence-electron chi connectivity index (χ0n) is 12.7. The lowest BCUT2D eigenvalue weighted by Crippen LogP contribution is -2.03. The summed E-state index contributed by atoms with van der Waals surface area (Å²) in [5.41, 5.74) is 1.19. The third kappa shape index (κ3) is 4.45. The smallest absolute Gasteiger partial charge is 0.124 e. The van der Waals surface area contributed by atoms with Crippen LogP contribution in [0.25, 0.3) is 0 Å². The molecule has 3 nitrogen and oxygen atoms in total. The van der Waals surface area contributed by atoms with Crippen molar-refractivity contribution in [3.05, 3.63) is 80.9 Å². The fourth-order valence-corrected chi connectivity index (χ4v) is 3.57. The molecule has 1 aromatic heterocycles. The van der Waals surface area contributed by atoms with E-state index >= 15 is 0 Å². The average Bonchev–Trinajstić information content (AvgIpc) is 2.61. The molecule has 0 fully saturated rings. The van der Waals surface area contributed by atoms with Crippen LogP contribution in [0.1, 0.15) is 17.2 Å². The van der Waals surface area contributed by atoms with Crippen molar-refractivity contribution >= 4 is 46.6 Å². The Morgan fingerprint density at radius 1 is 0.880 bits per heavy atom. The normalized spacial score (nSPS) is 11.8. The maximum Gasteiger partial charge on any atom is 0.124 e. The zero-order chi connectivity index (χ0) is 17.8. The summed E-state index contributed by atoms with van der Waals surface area (Å²) in [7, 11) is 0. The van der Waals surface area contributed by atoms with Gasteiger partial charge < -0.3 is 0 Å². The summed E-state index contributed by atoms with van der Waals surface area (Å²) < 4.78 is 0. The molecule has 0 radical (unpaired) electrons. The molecular formula is C18H10Cl3N3S. The van der Waals surface area contributed by atoms with E-state index in [4.69, 9.17) is 34.8 Å². The number of aromatic nitrogens is 2. The molecule has 0 saturated carbocycles. The topological polar surface area (TPSA) is 49.6 Å². The fourth-order valence-electron chi connectivity index (χ4n) is 2.19. The van der Waals surface area contributed by atoms with E-state index in [1.54, 1.807) is 24.3 Å². The van der Waals surface area contributed by atoms with Gasteiger partial charge in [-0.05, 0) is 54.1 Å². The van der Waals surface area contributed by atoms with E-state index in [2.05, 4.69) is 16.3 Å². The molecule has 0 amide bonds. The standard InChI is InChI=1S/C18H10Cl3N3S/c19-11-1-4-13(5-2-11)25-18-8-7-17(23-24-18)15(10-22)14-6-3-12(20)9-16(14)21/h1-9,15H/t15-/m0/s1. The molecule has 0 N–H and O–H groups in total. The third-order valence-electron chi connectivity index (χ3n) is 3.40. The Morgan fingerprint density at radius 2 is 1.60 bits per heavy atom. The minimum atomic E-state index is -0.605. The molecule has 124 valence electrons. The van der Waals surface area contributed by atoms with E-state index in [1.807, 2.05) is 30.3 Å². The van der Waals surface area contributed by atoms with Crippen LogP contribution >= 0.6 is 46.6 Å². The first-order chi connectivity index (χ1) is 12.1. The molecule has 0 spiro atoms. The van der Waals surface area contributed by atoms with Crippen molar-refractivity contribution in [3.63, 3.8) is 0 Å². The highest BCUT2D eigenvalue weighted by Gasteiger charge is 2.19. The number of benzene rings is 2. The van der Waals surface area contributed by atoms with Crippen molar-refractivity contribution in [2.45, 2.75) is 15.8 Å². The summed E-state index contributed by atoms with van der Waals surface area (Å²) in [6.07, 6.45) is 0. The molecular weight excluding hydrogens is 397 g/mol. The molecule has 3 rings (SSSR count). The molecule has 0 saturated heterocycles. The van der Waals surface area contributed by atoms with Crippen molar-refractivity contribution in [2.24, 2.45) is 0 Å². The van der Waals surface area contributed by atoms with Gasteiger partial charge in [-0.2, -0.15) is 10.4 Å². The van der Waals surface area contributed by atoms with Gasteiger partial charge in [-0.3, -0.25) is 0 Å². The SMILES string of the molecule is N#C[C@H](c1ccc(Sc2ccc(Cl)cc2)nn1)c1ccc(Cl)cc1Cl. The molecule has 0 aliphatic carbocycles. The lowest BCUT2D eigenvalue weighted by Gasteiger charge is -2.11. The van der Waals surface area contributed by atoms with Gasteiger partial charge in [0.05, 0.1) is 11.8 Å². The second-order valence-electron chi connectivity index (χ2n) is 5.08. The van der Waals surface area contributed by atoms with Gasteiger partial charge in [0.2, 0.25) is 0 Å². The molecule has 0 aliphatic heterocycles. The van der Waals surface area contributed by atoms with Crippen LogP contribution in [-0.2, 0) is 0 Å². The van der Waals surface area contributed by atoms with E-state index in [1.165, 1.54) is 11.8 Å². The van der Waals surface area contributed by atoms with Crippen LogP contribution in [-0.4, -0.2) is 10.2 Å². The van der Waals surface area contributed by atoms with Gasteiger partial charge in [-0.25, -0.2) is 0 Å². The third-order valence-corrected chi connectivity index (χ3v) is 5.14. The number of hydrogen-bond donors (Lipinski definition) is 0. The van der Waals surface area contributed by atoms with Crippen LogP contribution in [0.2, 0.25) is 15.1 Å². The summed E-state index contributed by atoms with van der Waals surface area (Å²) in [5, 5.41) is 20.3. The zero-order valence-corrected chi connectivity index (χ0v) is 15.7. The van der Waals surface area contributed by atoms with Crippen molar-refractivity contribution in [2.75, 3.05) is 0 Å². The maximum atomic E-state index is 9.53. The predicted octanol–water partition coefficient (Wildman–Crippen LogP) is 6.24. The maximum absolute atomic E-state index is 9.53. The second kappa shape index (κ2) is 8.07. The Kier molecular flexibility index (Phi) is 5.82. The van der Waals surface area contributed by atoms with Gasteiger partial charge in [0.15, 0.2) is 0 Å². The Bertz CT molecular complexity index is 922. The summed E-state index contributed by atoms with van der Waals surface area (Å²) in [6, 6.07) is 18.3. The Labute approximate surface area is 164 Å². The van der Waals surface area contributed by atoms with E-state index in [-0.39, 0.29) is 0 Å². The summed E-state index contributed by atoms with van der Waals surface area (Å²) in [5.74, 6) is -0.605. The minimum Gasteiger partial charge on any atom is -0.197 e. The Hall–Kier alpha value is -1.77. The van der Waals surface area contributed by atoms with Crippen molar-refractivity contribution in [1.82, 2.24) is 10.2 Å². The molecule has 0 bridgehead atoms. The number of hydrogen-bond acceptors (Lipinski definition) is 4. The highest BCUT2D eigenvalue weighted by Crippen LogP contribution is 2.32. The molecule has 2 aromatic carbocycles. The van der Waals surface area contributed by atoms with E-state index in [0.29, 0.717) is 26.3 Å². The Morgan fingerprint density at radius 3 is 2.20 bits per heavy atom. The molecule has 7 heteroatoms. The molecule has 3 aromatic rings. The first-order valence-corrected chi connectivity index (χ1v) is 9.13. The molecule has 1 heterocycles. The van der Waals surface area contributed by atoms with Gasteiger partial charge in [-0.15, -0.1) is 5.10 Å². The number of nitriles is 1. The lowest BCUT2D eigenvalue weighted by atomic mass is 9.97. The van der Waals surface area contributed by atoms with E-state index < -0.39 is 5.92 Å². The predicted molar refractivity (Wildman–Crippen MR) is 102 cm³/mol. The molecule has 0 aliphatic rings. The first kappa shape index (κ1) is 18.0. The van der Waals surface area contributed by atoms with Gasteiger partial charge in [-0.1, -0.05) is 52.6 Å². The average molecular weight is 407 g/mol. The van der Waals surface area contributed by atoms with Crippen LogP contribution in [0, 0.1) is 11.3 Å². The van der Waals surface area contributed by atoms with Gasteiger partial charge in [0, 0.05) is 20.0 Å². The summed E-state index contributed by atoms with van der Waals surface area (Å²) >= 11 is 19.5. The minimum absolute atomic E-state index is 0.431. The number of nitrogens with zero attached hydrogens (tertiary/aromatic N) is 3. The molecule has 25 heavy (non-hydrogen) atoms. The van der Waals surface area contributed by atoms with Gasteiger partial charge in [0.25, 0.3) is 0 Å². The second-order valence-corrected chi connectivity index (χ2v) is 7.45. The van der Waals surface area contributed by atoms with E-state index in [0.717, 1.165) is 9.92 Å². The van der Waals surface area contributed by atoms with Crippen LogP contribution in [0.3, 0.4) is 0 Å². The summed E-state index contributed by atoms with van der Waals surface area (Å²) in [4.78, 5) is 1.00. The van der Waals surface area contributed by atoms with Crippen molar-refractivity contribution in [3.8, 4) is 6.07 Å². The highest BCUT2D eigenvalue weighted by molar-refractivity contribution is 7.99. The van der Waals surface area contributed by atoms with Gasteiger partial charge in [0.1, 0.15) is 10.9 Å². The van der Waals surface area contributed by atoms with Crippen molar-refractivity contribution < 1.29 is 0 Å². The van der Waals surface area contributed by atoms with Crippen LogP contribution < -0.4 is 0 Å². The van der Waals surface area contributed by atoms with Crippen molar-refractivity contribution in [1.29, 1.82) is 5.26 Å².